The van der Waals surface area contributed by atoms with Gasteiger partial charge in [-0.05, 0) is 26.0 Å². The zero-order chi connectivity index (χ0) is 16.5. The lowest BCUT2D eigenvalue weighted by Crippen LogP contribution is -2.72. The van der Waals surface area contributed by atoms with E-state index < -0.39 is 0 Å². The molecule has 4 nitrogen and oxygen atoms in total. The van der Waals surface area contributed by atoms with Crippen LogP contribution in [0.25, 0.3) is 0 Å². The second-order valence-electron chi connectivity index (χ2n) is 6.85. The number of guanidine groups is 1. The Balaban J connectivity index is 0.00000264. The molecule has 0 bridgehead atoms. The second kappa shape index (κ2) is 7.04. The highest BCUT2D eigenvalue weighted by atomic mass is 127. The summed E-state index contributed by atoms with van der Waals surface area (Å²) in [4.78, 5) is 6.51. The zero-order valence-corrected chi connectivity index (χ0v) is 16.6. The molecule has 23 heavy (non-hydrogen) atoms. The summed E-state index contributed by atoms with van der Waals surface area (Å²) in [7, 11) is 1.73. The van der Waals surface area contributed by atoms with Crippen LogP contribution >= 0.6 is 24.0 Å². The van der Waals surface area contributed by atoms with Gasteiger partial charge in [-0.15, -0.1) is 24.0 Å². The Bertz CT molecular complexity index is 646. The van der Waals surface area contributed by atoms with Gasteiger partial charge in [-0.25, -0.2) is 4.39 Å². The summed E-state index contributed by atoms with van der Waals surface area (Å²) in [6.45, 7) is 10.1. The van der Waals surface area contributed by atoms with Gasteiger partial charge in [0.05, 0.1) is 11.6 Å². The van der Waals surface area contributed by atoms with Crippen molar-refractivity contribution in [2.24, 2.45) is 10.4 Å². The van der Waals surface area contributed by atoms with Gasteiger partial charge >= 0.3 is 0 Å². The van der Waals surface area contributed by atoms with Crippen LogP contribution in [0, 0.1) is 22.6 Å². The second-order valence-corrected chi connectivity index (χ2v) is 6.85. The Morgan fingerprint density at radius 3 is 2.48 bits per heavy atom. The lowest BCUT2D eigenvalue weighted by atomic mass is 9.65. The fraction of sp³-hybridized carbons (Fsp3) is 0.529. The highest BCUT2D eigenvalue weighted by Crippen LogP contribution is 2.46. The van der Waals surface area contributed by atoms with Crippen molar-refractivity contribution < 1.29 is 4.39 Å². The smallest absolute Gasteiger partial charge is 0.194 e. The van der Waals surface area contributed by atoms with Crippen molar-refractivity contribution in [2.75, 3.05) is 13.6 Å². The third kappa shape index (κ3) is 3.60. The number of hydrogen-bond donors (Lipinski definition) is 1. The number of hydrogen-bond acceptors (Lipinski definition) is 2. The summed E-state index contributed by atoms with van der Waals surface area (Å²) < 4.78 is 13.9. The number of nitriles is 1. The Hall–Kier alpha value is -1.36. The zero-order valence-electron chi connectivity index (χ0n) is 14.3. The van der Waals surface area contributed by atoms with Crippen molar-refractivity contribution in [1.82, 2.24) is 10.2 Å². The van der Waals surface area contributed by atoms with Crippen molar-refractivity contribution >= 4 is 29.9 Å². The lowest BCUT2D eigenvalue weighted by molar-refractivity contribution is -0.0668. The first-order chi connectivity index (χ1) is 10.2. The minimum Gasteiger partial charge on any atom is -0.352 e. The molecule has 0 spiro atoms. The number of halogens is 2. The number of aliphatic imine (C=N–C) groups is 1. The molecule has 0 unspecified atom stereocenters. The average Bonchev–Trinajstić information content (AvgIpc) is 2.47. The Kier molecular flexibility index (Phi) is 6.02. The third-order valence-electron chi connectivity index (χ3n) is 4.97. The molecule has 1 saturated heterocycles. The van der Waals surface area contributed by atoms with Gasteiger partial charge in [-0.2, -0.15) is 5.26 Å². The minimum atomic E-state index is -0.370. The van der Waals surface area contributed by atoms with Crippen LogP contribution in [-0.4, -0.2) is 30.0 Å². The first-order valence-corrected chi connectivity index (χ1v) is 7.40. The van der Waals surface area contributed by atoms with Gasteiger partial charge in [-0.3, -0.25) is 4.99 Å². The minimum absolute atomic E-state index is 0. The quantitative estimate of drug-likeness (QED) is 0.444. The monoisotopic (exact) mass is 430 g/mol. The molecule has 1 heterocycles. The molecule has 1 aliphatic heterocycles. The van der Waals surface area contributed by atoms with E-state index in [1.807, 2.05) is 6.07 Å². The maximum atomic E-state index is 13.9. The van der Waals surface area contributed by atoms with Crippen molar-refractivity contribution in [3.8, 4) is 6.07 Å². The summed E-state index contributed by atoms with van der Waals surface area (Å²) in [6.07, 6.45) is 0. The van der Waals surface area contributed by atoms with Crippen LogP contribution in [0.3, 0.4) is 0 Å². The molecule has 0 radical (unpaired) electrons. The lowest BCUT2D eigenvalue weighted by Gasteiger charge is -2.62. The molecule has 1 aliphatic rings. The normalized spacial score (nSPS) is 18.5. The molecule has 1 N–H and O–H groups in total. The van der Waals surface area contributed by atoms with E-state index in [-0.39, 0.29) is 40.7 Å². The van der Waals surface area contributed by atoms with Crippen LogP contribution in [0.5, 0.6) is 0 Å². The molecule has 0 saturated carbocycles. The molecule has 1 fully saturated rings. The summed E-state index contributed by atoms with van der Waals surface area (Å²) in [5.41, 5.74) is 1.07. The van der Waals surface area contributed by atoms with Gasteiger partial charge in [0.2, 0.25) is 0 Å². The summed E-state index contributed by atoms with van der Waals surface area (Å²) in [5, 5.41) is 12.0. The molecule has 0 aromatic heterocycles. The molecule has 0 aliphatic carbocycles. The summed E-state index contributed by atoms with van der Waals surface area (Å²) >= 11 is 0. The van der Waals surface area contributed by atoms with Crippen LogP contribution in [0.1, 0.15) is 38.8 Å². The van der Waals surface area contributed by atoms with Gasteiger partial charge in [0.25, 0.3) is 0 Å². The van der Waals surface area contributed by atoms with E-state index in [2.05, 4.69) is 42.9 Å². The number of rotatable bonds is 2. The maximum Gasteiger partial charge on any atom is 0.194 e. The summed E-state index contributed by atoms with van der Waals surface area (Å²) in [5.74, 6) is 0.401. The molecular weight excluding hydrogens is 406 g/mol. The SMILES string of the molecule is CN=C(NCc1ccc(C#N)cc1F)N1CC(C)(C)C1(C)C.I. The van der Waals surface area contributed by atoms with Gasteiger partial charge in [0, 0.05) is 36.7 Å². The van der Waals surface area contributed by atoms with Gasteiger partial charge in [-0.1, -0.05) is 19.9 Å². The first kappa shape index (κ1) is 19.7. The standard InChI is InChI=1S/C17H23FN4.HI/c1-16(2)11-22(17(16,3)4)15(20-5)21-10-13-7-6-12(9-19)8-14(13)18;/h6-8H,10-11H2,1-5H3,(H,20,21);1H. The van der Waals surface area contributed by atoms with E-state index in [0.29, 0.717) is 17.7 Å². The fourth-order valence-electron chi connectivity index (χ4n) is 2.63. The van der Waals surface area contributed by atoms with E-state index in [4.69, 9.17) is 5.26 Å². The highest BCUT2D eigenvalue weighted by Gasteiger charge is 2.53. The highest BCUT2D eigenvalue weighted by molar-refractivity contribution is 14.0. The van der Waals surface area contributed by atoms with Gasteiger partial charge in [0.15, 0.2) is 5.96 Å². The Morgan fingerprint density at radius 2 is 2.04 bits per heavy atom. The number of nitrogens with one attached hydrogen (secondary N) is 1. The average molecular weight is 430 g/mol. The van der Waals surface area contributed by atoms with E-state index in [0.717, 1.165) is 12.5 Å². The number of likely N-dealkylation sites (tertiary alicyclic amines) is 1. The Morgan fingerprint density at radius 1 is 1.39 bits per heavy atom. The molecule has 0 atom stereocenters. The predicted molar refractivity (Wildman–Crippen MR) is 101 cm³/mol. The molecule has 126 valence electrons. The largest absolute Gasteiger partial charge is 0.352 e. The number of nitrogens with zero attached hydrogens (tertiary/aromatic N) is 3. The van der Waals surface area contributed by atoms with Crippen molar-refractivity contribution in [3.05, 3.63) is 35.1 Å². The van der Waals surface area contributed by atoms with Crippen molar-refractivity contribution in [3.63, 3.8) is 0 Å². The first-order valence-electron chi connectivity index (χ1n) is 7.40. The molecular formula is C17H24FIN4. The van der Waals surface area contributed by atoms with Gasteiger partial charge < -0.3 is 10.2 Å². The molecule has 0 amide bonds. The van der Waals surface area contributed by atoms with E-state index in [1.54, 1.807) is 19.2 Å². The van der Waals surface area contributed by atoms with Crippen LogP contribution in [0.15, 0.2) is 23.2 Å². The fourth-order valence-corrected chi connectivity index (χ4v) is 2.63. The van der Waals surface area contributed by atoms with Crippen LogP contribution in [0.2, 0.25) is 0 Å². The molecule has 1 aromatic rings. The van der Waals surface area contributed by atoms with Crippen molar-refractivity contribution in [1.29, 1.82) is 5.26 Å². The van der Waals surface area contributed by atoms with E-state index in [9.17, 15) is 4.39 Å². The number of benzene rings is 1. The van der Waals surface area contributed by atoms with Crippen LogP contribution < -0.4 is 5.32 Å². The van der Waals surface area contributed by atoms with E-state index >= 15 is 0 Å². The molecule has 2 rings (SSSR count). The third-order valence-corrected chi connectivity index (χ3v) is 4.97. The van der Waals surface area contributed by atoms with Crippen molar-refractivity contribution in [2.45, 2.75) is 39.8 Å². The van der Waals surface area contributed by atoms with Gasteiger partial charge in [0.1, 0.15) is 5.82 Å². The molecule has 1 aromatic carbocycles. The predicted octanol–water partition coefficient (Wildman–Crippen LogP) is 3.51. The topological polar surface area (TPSA) is 51.4 Å². The Labute approximate surface area is 154 Å². The van der Waals surface area contributed by atoms with E-state index in [1.165, 1.54) is 6.07 Å². The van der Waals surface area contributed by atoms with Crippen LogP contribution in [-0.2, 0) is 6.54 Å². The molecule has 6 heteroatoms. The van der Waals surface area contributed by atoms with Crippen LogP contribution in [0.4, 0.5) is 4.39 Å². The maximum absolute atomic E-state index is 13.9. The summed E-state index contributed by atoms with van der Waals surface area (Å²) in [6, 6.07) is 6.46.